The van der Waals surface area contributed by atoms with E-state index in [9.17, 15) is 0 Å². The van der Waals surface area contributed by atoms with Gasteiger partial charge in [0.05, 0.1) is 5.69 Å². The SMILES string of the molecule is CCCc1nn(C)c2c1nc(N)n2C(C)CSCC. The van der Waals surface area contributed by atoms with Crippen molar-refractivity contribution in [2.45, 2.75) is 39.7 Å². The largest absolute Gasteiger partial charge is 0.369 e. The van der Waals surface area contributed by atoms with Crippen LogP contribution in [0, 0.1) is 0 Å². The Kier molecular flexibility index (Phi) is 4.39. The summed E-state index contributed by atoms with van der Waals surface area (Å²) in [5, 5.41) is 4.57. The molecule has 0 amide bonds. The molecule has 106 valence electrons. The highest BCUT2D eigenvalue weighted by Gasteiger charge is 2.20. The quantitative estimate of drug-likeness (QED) is 0.884. The Hall–Kier alpha value is -1.17. The Bertz CT molecular complexity index is 557. The Balaban J connectivity index is 2.46. The summed E-state index contributed by atoms with van der Waals surface area (Å²) in [6.45, 7) is 6.52. The second-order valence-corrected chi connectivity index (χ2v) is 6.16. The van der Waals surface area contributed by atoms with Gasteiger partial charge in [-0.25, -0.2) is 4.98 Å². The lowest BCUT2D eigenvalue weighted by Gasteiger charge is -2.15. The van der Waals surface area contributed by atoms with E-state index in [1.54, 1.807) is 0 Å². The number of aryl methyl sites for hydroxylation is 2. The van der Waals surface area contributed by atoms with Crippen LogP contribution in [0.1, 0.15) is 38.9 Å². The van der Waals surface area contributed by atoms with Crippen LogP contribution in [0.4, 0.5) is 5.95 Å². The molecule has 2 rings (SSSR count). The molecule has 1 unspecified atom stereocenters. The normalized spacial score (nSPS) is 13.3. The third kappa shape index (κ3) is 2.59. The van der Waals surface area contributed by atoms with Crippen molar-refractivity contribution in [3.63, 3.8) is 0 Å². The van der Waals surface area contributed by atoms with Crippen LogP contribution in [0.5, 0.6) is 0 Å². The standard InChI is InChI=1S/C13H23N5S/c1-5-7-10-11-12(17(4)16-10)18(13(14)15-11)9(3)8-19-6-2/h9H,5-8H2,1-4H3,(H2,14,15). The number of nitrogens with two attached hydrogens (primary N) is 1. The molecule has 0 saturated heterocycles. The molecular formula is C13H23N5S. The van der Waals surface area contributed by atoms with E-state index in [4.69, 9.17) is 5.73 Å². The zero-order valence-electron chi connectivity index (χ0n) is 12.2. The van der Waals surface area contributed by atoms with Crippen molar-refractivity contribution in [3.8, 4) is 0 Å². The Morgan fingerprint density at radius 1 is 1.37 bits per heavy atom. The van der Waals surface area contributed by atoms with Gasteiger partial charge in [-0.2, -0.15) is 16.9 Å². The summed E-state index contributed by atoms with van der Waals surface area (Å²) >= 11 is 1.92. The smallest absolute Gasteiger partial charge is 0.202 e. The maximum Gasteiger partial charge on any atom is 0.202 e. The maximum atomic E-state index is 6.11. The number of fused-ring (bicyclic) bond motifs is 1. The molecule has 1 atom stereocenters. The molecule has 19 heavy (non-hydrogen) atoms. The minimum Gasteiger partial charge on any atom is -0.369 e. The summed E-state index contributed by atoms with van der Waals surface area (Å²) in [5.41, 5.74) is 9.18. The molecule has 0 aliphatic heterocycles. The fourth-order valence-corrected chi connectivity index (χ4v) is 3.15. The third-order valence-electron chi connectivity index (χ3n) is 3.25. The van der Waals surface area contributed by atoms with Crippen LogP contribution in [0.25, 0.3) is 11.2 Å². The minimum atomic E-state index is 0.333. The first kappa shape index (κ1) is 14.2. The van der Waals surface area contributed by atoms with Gasteiger partial charge in [0.2, 0.25) is 5.95 Å². The number of anilines is 1. The van der Waals surface area contributed by atoms with Crippen LogP contribution in [-0.4, -0.2) is 30.8 Å². The zero-order valence-corrected chi connectivity index (χ0v) is 13.0. The van der Waals surface area contributed by atoms with Crippen LogP contribution in [0.2, 0.25) is 0 Å². The molecule has 0 fully saturated rings. The van der Waals surface area contributed by atoms with Gasteiger partial charge in [-0.3, -0.25) is 9.25 Å². The molecule has 2 N–H and O–H groups in total. The molecule has 2 aromatic rings. The highest BCUT2D eigenvalue weighted by molar-refractivity contribution is 7.99. The molecule has 6 heteroatoms. The number of imidazole rings is 1. The van der Waals surface area contributed by atoms with Gasteiger partial charge in [0.1, 0.15) is 5.52 Å². The molecule has 0 aliphatic rings. The van der Waals surface area contributed by atoms with E-state index in [1.165, 1.54) is 0 Å². The van der Waals surface area contributed by atoms with Crippen molar-refractivity contribution < 1.29 is 0 Å². The summed E-state index contributed by atoms with van der Waals surface area (Å²) in [6, 6.07) is 0.333. The van der Waals surface area contributed by atoms with Gasteiger partial charge in [-0.15, -0.1) is 0 Å². The summed E-state index contributed by atoms with van der Waals surface area (Å²) in [5.74, 6) is 2.76. The molecular weight excluding hydrogens is 258 g/mol. The predicted octanol–water partition coefficient (Wildman–Crippen LogP) is 2.62. The van der Waals surface area contributed by atoms with Crippen molar-refractivity contribution in [3.05, 3.63) is 5.69 Å². The number of hydrogen-bond donors (Lipinski definition) is 1. The van der Waals surface area contributed by atoms with Gasteiger partial charge >= 0.3 is 0 Å². The zero-order chi connectivity index (χ0) is 14.0. The Labute approximate surface area is 118 Å². The van der Waals surface area contributed by atoms with Crippen LogP contribution in [0.15, 0.2) is 0 Å². The van der Waals surface area contributed by atoms with Gasteiger partial charge < -0.3 is 5.73 Å². The van der Waals surface area contributed by atoms with Gasteiger partial charge in [-0.05, 0) is 19.1 Å². The summed E-state index contributed by atoms with van der Waals surface area (Å²) in [7, 11) is 1.97. The molecule has 0 saturated carbocycles. The first-order valence-electron chi connectivity index (χ1n) is 6.87. The van der Waals surface area contributed by atoms with Crippen LogP contribution < -0.4 is 5.73 Å². The number of nitrogens with zero attached hydrogens (tertiary/aromatic N) is 4. The average Bonchev–Trinajstić information content (AvgIpc) is 2.85. The van der Waals surface area contributed by atoms with Crippen molar-refractivity contribution in [1.29, 1.82) is 0 Å². The monoisotopic (exact) mass is 281 g/mol. The fourth-order valence-electron chi connectivity index (χ4n) is 2.42. The van der Waals surface area contributed by atoms with Crippen LogP contribution in [-0.2, 0) is 13.5 Å². The molecule has 0 radical (unpaired) electrons. The molecule has 5 nitrogen and oxygen atoms in total. The topological polar surface area (TPSA) is 61.7 Å². The number of thioether (sulfide) groups is 1. The van der Waals surface area contributed by atoms with Crippen LogP contribution in [0.3, 0.4) is 0 Å². The maximum absolute atomic E-state index is 6.11. The molecule has 2 aromatic heterocycles. The number of rotatable bonds is 6. The van der Waals surface area contributed by atoms with Crippen LogP contribution >= 0.6 is 11.8 Å². The van der Waals surface area contributed by atoms with Gasteiger partial charge in [0.25, 0.3) is 0 Å². The Morgan fingerprint density at radius 2 is 2.11 bits per heavy atom. The number of nitrogen functional groups attached to an aromatic ring is 1. The summed E-state index contributed by atoms with van der Waals surface area (Å²) < 4.78 is 4.03. The van der Waals surface area contributed by atoms with Crippen molar-refractivity contribution in [1.82, 2.24) is 19.3 Å². The highest BCUT2D eigenvalue weighted by Crippen LogP contribution is 2.27. The summed E-state index contributed by atoms with van der Waals surface area (Å²) in [6.07, 6.45) is 2.02. The second kappa shape index (κ2) is 5.86. The molecule has 0 spiro atoms. The van der Waals surface area contributed by atoms with Gasteiger partial charge in [0, 0.05) is 18.8 Å². The lowest BCUT2D eigenvalue weighted by Crippen LogP contribution is -2.13. The van der Waals surface area contributed by atoms with Gasteiger partial charge in [-0.1, -0.05) is 20.3 Å². The fraction of sp³-hybridized carbons (Fsp3) is 0.692. The predicted molar refractivity (Wildman–Crippen MR) is 82.6 cm³/mol. The molecule has 2 heterocycles. The van der Waals surface area contributed by atoms with E-state index < -0.39 is 0 Å². The van der Waals surface area contributed by atoms with Crippen molar-refractivity contribution in [2.75, 3.05) is 17.2 Å². The molecule has 0 aromatic carbocycles. The van der Waals surface area contributed by atoms with E-state index >= 15 is 0 Å². The number of hydrogen-bond acceptors (Lipinski definition) is 4. The van der Waals surface area contributed by atoms with E-state index in [2.05, 4.69) is 35.4 Å². The number of aromatic nitrogens is 4. The Morgan fingerprint density at radius 3 is 2.74 bits per heavy atom. The minimum absolute atomic E-state index is 0.333. The van der Waals surface area contributed by atoms with E-state index in [-0.39, 0.29) is 0 Å². The first-order valence-corrected chi connectivity index (χ1v) is 8.02. The second-order valence-electron chi connectivity index (χ2n) is 4.84. The van der Waals surface area contributed by atoms with E-state index in [0.29, 0.717) is 12.0 Å². The first-order chi connectivity index (χ1) is 9.10. The lowest BCUT2D eigenvalue weighted by atomic mass is 10.2. The third-order valence-corrected chi connectivity index (χ3v) is 4.38. The summed E-state index contributed by atoms with van der Waals surface area (Å²) in [4.78, 5) is 4.53. The van der Waals surface area contributed by atoms with E-state index in [1.807, 2.05) is 23.5 Å². The average molecular weight is 281 g/mol. The molecule has 0 aliphatic carbocycles. The van der Waals surface area contributed by atoms with Gasteiger partial charge in [0.15, 0.2) is 5.65 Å². The van der Waals surface area contributed by atoms with Crippen molar-refractivity contribution >= 4 is 28.9 Å². The van der Waals surface area contributed by atoms with Crippen molar-refractivity contribution in [2.24, 2.45) is 7.05 Å². The van der Waals surface area contributed by atoms with E-state index in [0.717, 1.165) is 41.2 Å². The molecule has 0 bridgehead atoms. The highest BCUT2D eigenvalue weighted by atomic mass is 32.2. The lowest BCUT2D eigenvalue weighted by molar-refractivity contribution is 0.610.